The number of para-hydroxylation sites is 2. The number of H-pyrrole nitrogens is 1. The van der Waals surface area contributed by atoms with Crippen LogP contribution >= 0.6 is 0 Å². The first-order valence-corrected chi connectivity index (χ1v) is 14.2. The summed E-state index contributed by atoms with van der Waals surface area (Å²) in [5, 5.41) is 4.01. The molecule has 0 bridgehead atoms. The van der Waals surface area contributed by atoms with E-state index in [2.05, 4.69) is 33.4 Å². The highest BCUT2D eigenvalue weighted by Crippen LogP contribution is 2.35. The van der Waals surface area contributed by atoms with Gasteiger partial charge in [-0.15, -0.1) is 0 Å². The molecule has 2 saturated heterocycles. The maximum Gasteiger partial charge on any atom is 0.308 e. The van der Waals surface area contributed by atoms with Gasteiger partial charge in [-0.1, -0.05) is 66.7 Å². The summed E-state index contributed by atoms with van der Waals surface area (Å²) < 4.78 is 5.44. The molecule has 3 heterocycles. The molecule has 1 aromatic heterocycles. The van der Waals surface area contributed by atoms with Crippen LogP contribution in [-0.2, 0) is 32.1 Å². The molecule has 1 atom stereocenters. The second kappa shape index (κ2) is 11.5. The fourth-order valence-electron chi connectivity index (χ4n) is 6.14. The van der Waals surface area contributed by atoms with E-state index in [0.29, 0.717) is 38.9 Å². The predicted octanol–water partition coefficient (Wildman–Crippen LogP) is 4.21. The van der Waals surface area contributed by atoms with E-state index in [4.69, 9.17) is 4.74 Å². The zero-order valence-corrected chi connectivity index (χ0v) is 22.9. The van der Waals surface area contributed by atoms with Crippen LogP contribution in [0, 0.1) is 0 Å². The van der Waals surface area contributed by atoms with Gasteiger partial charge >= 0.3 is 5.97 Å². The van der Waals surface area contributed by atoms with Gasteiger partial charge in [0, 0.05) is 42.4 Å². The number of aromatic nitrogens is 1. The fraction of sp³-hybridized carbons (Fsp3) is 0.303. The van der Waals surface area contributed by atoms with Crippen LogP contribution in [0.2, 0.25) is 0 Å². The number of fused-ring (bicyclic) bond motifs is 1. The molecule has 4 aromatic rings. The minimum absolute atomic E-state index is 0.123. The lowest BCUT2D eigenvalue weighted by atomic mass is 9.81. The topological polar surface area (TPSA) is 94.7 Å². The Hall–Kier alpha value is -4.59. The summed E-state index contributed by atoms with van der Waals surface area (Å²) in [5.74, 6) is -0.933. The Morgan fingerprint density at radius 3 is 2.34 bits per heavy atom. The number of anilines is 1. The summed E-state index contributed by atoms with van der Waals surface area (Å²) in [6.45, 7) is 1.81. The quantitative estimate of drug-likeness (QED) is 0.321. The molecule has 1 unspecified atom stereocenters. The Kier molecular flexibility index (Phi) is 7.46. The lowest BCUT2D eigenvalue weighted by Gasteiger charge is -2.52. The van der Waals surface area contributed by atoms with Crippen LogP contribution in [0.3, 0.4) is 0 Å². The zero-order valence-electron chi connectivity index (χ0n) is 22.9. The molecule has 8 heteroatoms. The highest BCUT2D eigenvalue weighted by Gasteiger charge is 2.53. The third-order valence-electron chi connectivity index (χ3n) is 8.41. The van der Waals surface area contributed by atoms with Crippen molar-refractivity contribution in [1.82, 2.24) is 15.2 Å². The summed E-state index contributed by atoms with van der Waals surface area (Å²) in [6.07, 6.45) is 3.39. The number of amides is 2. The number of nitrogens with one attached hydrogen (secondary N) is 2. The van der Waals surface area contributed by atoms with E-state index >= 15 is 0 Å². The third-order valence-corrected chi connectivity index (χ3v) is 8.41. The molecule has 1 spiro atoms. The van der Waals surface area contributed by atoms with E-state index in [1.54, 1.807) is 4.90 Å². The van der Waals surface area contributed by atoms with E-state index in [-0.39, 0.29) is 24.8 Å². The average molecular weight is 551 g/mol. The maximum atomic E-state index is 14.0. The highest BCUT2D eigenvalue weighted by atomic mass is 16.5. The molecule has 2 fully saturated rings. The van der Waals surface area contributed by atoms with E-state index < -0.39 is 17.6 Å². The Bertz CT molecular complexity index is 1530. The van der Waals surface area contributed by atoms with Crippen molar-refractivity contribution in [2.24, 2.45) is 0 Å². The van der Waals surface area contributed by atoms with Crippen LogP contribution in [0.4, 0.5) is 5.69 Å². The Morgan fingerprint density at radius 2 is 1.59 bits per heavy atom. The lowest BCUT2D eigenvalue weighted by molar-refractivity contribution is -0.162. The zero-order chi connectivity index (χ0) is 28.2. The first kappa shape index (κ1) is 26.6. The van der Waals surface area contributed by atoms with Crippen LogP contribution < -0.4 is 10.2 Å². The van der Waals surface area contributed by atoms with Gasteiger partial charge < -0.3 is 24.8 Å². The molecule has 210 valence electrons. The summed E-state index contributed by atoms with van der Waals surface area (Å²) in [7, 11) is 0. The maximum absolute atomic E-state index is 14.0. The number of carbonyl (C=O) groups excluding carboxylic acids is 3. The van der Waals surface area contributed by atoms with Gasteiger partial charge in [0.2, 0.25) is 11.8 Å². The number of hydrogen-bond acceptors (Lipinski definition) is 5. The predicted molar refractivity (Wildman–Crippen MR) is 157 cm³/mol. The molecule has 6 rings (SSSR count). The normalized spacial score (nSPS) is 18.5. The van der Waals surface area contributed by atoms with E-state index in [0.717, 1.165) is 27.7 Å². The molecular weight excluding hydrogens is 516 g/mol. The van der Waals surface area contributed by atoms with Crippen molar-refractivity contribution in [3.63, 3.8) is 0 Å². The molecule has 0 saturated carbocycles. The molecule has 8 nitrogen and oxygen atoms in total. The highest BCUT2D eigenvalue weighted by molar-refractivity contribution is 6.01. The molecule has 3 aromatic carbocycles. The first-order chi connectivity index (χ1) is 20.0. The lowest BCUT2D eigenvalue weighted by Crippen LogP contribution is -2.73. The van der Waals surface area contributed by atoms with Gasteiger partial charge in [0.25, 0.3) is 0 Å². The smallest absolute Gasteiger partial charge is 0.308 e. The van der Waals surface area contributed by atoms with Crippen molar-refractivity contribution in [2.45, 2.75) is 43.9 Å². The van der Waals surface area contributed by atoms with Gasteiger partial charge in [-0.05, 0) is 48.6 Å². The van der Waals surface area contributed by atoms with Gasteiger partial charge in [-0.3, -0.25) is 14.4 Å². The minimum atomic E-state index is -0.959. The number of aromatic amines is 1. The molecule has 41 heavy (non-hydrogen) atoms. The van der Waals surface area contributed by atoms with Crippen molar-refractivity contribution >= 4 is 34.4 Å². The molecular formula is C33H34N4O4. The van der Waals surface area contributed by atoms with Crippen LogP contribution in [0.15, 0.2) is 91.1 Å². The monoisotopic (exact) mass is 550 g/mol. The number of piperazine rings is 1. The van der Waals surface area contributed by atoms with E-state index in [1.807, 2.05) is 72.9 Å². The first-order valence-electron chi connectivity index (χ1n) is 14.2. The van der Waals surface area contributed by atoms with Gasteiger partial charge in [0.15, 0.2) is 0 Å². The van der Waals surface area contributed by atoms with Crippen LogP contribution in [-0.4, -0.2) is 58.9 Å². The van der Waals surface area contributed by atoms with Crippen molar-refractivity contribution < 1.29 is 19.1 Å². The van der Waals surface area contributed by atoms with Crippen LogP contribution in [0.5, 0.6) is 0 Å². The summed E-state index contributed by atoms with van der Waals surface area (Å²) in [4.78, 5) is 47.9. The Balaban J connectivity index is 1.20. The fourth-order valence-corrected chi connectivity index (χ4v) is 6.14. The Morgan fingerprint density at radius 1 is 0.902 bits per heavy atom. The molecule has 2 N–H and O–H groups in total. The number of esters is 1. The van der Waals surface area contributed by atoms with Crippen molar-refractivity contribution in [3.05, 3.63) is 102 Å². The molecule has 2 amide bonds. The SMILES string of the molecule is O=C(CC1NC(=O)C2(CCN(c3ccccc3)CC2)N(CCc2c[nH]c3ccccc23)C1=O)OCc1ccccc1. The minimum Gasteiger partial charge on any atom is -0.461 e. The third kappa shape index (κ3) is 5.42. The van der Waals surface area contributed by atoms with Gasteiger partial charge in [0.1, 0.15) is 18.2 Å². The van der Waals surface area contributed by atoms with Crippen molar-refractivity contribution in [3.8, 4) is 0 Å². The number of nitrogens with zero attached hydrogens (tertiary/aromatic N) is 2. The summed E-state index contributed by atoms with van der Waals surface area (Å²) in [5.41, 5.74) is 3.14. The molecule has 0 aliphatic carbocycles. The Labute approximate surface area is 239 Å². The van der Waals surface area contributed by atoms with E-state index in [9.17, 15) is 14.4 Å². The average Bonchev–Trinajstić information content (AvgIpc) is 3.43. The van der Waals surface area contributed by atoms with E-state index in [1.165, 1.54) is 0 Å². The second-order valence-corrected chi connectivity index (χ2v) is 10.8. The largest absolute Gasteiger partial charge is 0.461 e. The number of carbonyl (C=O) groups is 3. The molecule has 2 aliphatic heterocycles. The number of benzene rings is 3. The second-order valence-electron chi connectivity index (χ2n) is 10.8. The molecule has 2 aliphatic rings. The van der Waals surface area contributed by atoms with Gasteiger partial charge in [0.05, 0.1) is 6.42 Å². The van der Waals surface area contributed by atoms with Gasteiger partial charge in [-0.2, -0.15) is 0 Å². The van der Waals surface area contributed by atoms with Crippen molar-refractivity contribution in [2.75, 3.05) is 24.5 Å². The number of hydrogen-bond donors (Lipinski definition) is 2. The summed E-state index contributed by atoms with van der Waals surface area (Å²) >= 11 is 0. The van der Waals surface area contributed by atoms with Crippen LogP contribution in [0.25, 0.3) is 10.9 Å². The number of rotatable bonds is 8. The number of piperidine rings is 1. The van der Waals surface area contributed by atoms with Crippen LogP contribution in [0.1, 0.15) is 30.4 Å². The number of ether oxygens (including phenoxy) is 1. The summed E-state index contributed by atoms with van der Waals surface area (Å²) in [6, 6.07) is 26.6. The van der Waals surface area contributed by atoms with Gasteiger partial charge in [-0.25, -0.2) is 0 Å². The van der Waals surface area contributed by atoms with Crippen molar-refractivity contribution in [1.29, 1.82) is 0 Å². The molecule has 0 radical (unpaired) electrons. The standard InChI is InChI=1S/C33H34N4O4/c38-30(41-23-24-9-3-1-4-10-24)21-29-31(39)37(18-15-25-22-34-28-14-8-7-13-27(25)28)33(32(40)35-29)16-19-36(20-17-33)26-11-5-2-6-12-26/h1-14,22,29,34H,15-21,23H2,(H,35,40).